The van der Waals surface area contributed by atoms with Crippen molar-refractivity contribution < 1.29 is 8.42 Å². The zero-order chi connectivity index (χ0) is 14.3. The quantitative estimate of drug-likeness (QED) is 0.675. The number of aromatic nitrogens is 1. The lowest BCUT2D eigenvalue weighted by molar-refractivity contribution is 0.589. The highest BCUT2D eigenvalue weighted by Crippen LogP contribution is 2.30. The molecule has 3 rings (SSSR count). The summed E-state index contributed by atoms with van der Waals surface area (Å²) in [7, 11) is -3.60. The average molecular weight is 371 g/mol. The normalized spacial score (nSPS) is 11.9. The van der Waals surface area contributed by atoms with Crippen molar-refractivity contribution >= 4 is 48.5 Å². The van der Waals surface area contributed by atoms with Crippen molar-refractivity contribution in [2.75, 3.05) is 0 Å². The molecular formula is C14H9BrClNO2S. The van der Waals surface area contributed by atoms with Gasteiger partial charge in [-0.25, -0.2) is 12.4 Å². The summed E-state index contributed by atoms with van der Waals surface area (Å²) < 4.78 is 27.2. The Morgan fingerprint density at radius 2 is 1.75 bits per heavy atom. The molecule has 102 valence electrons. The van der Waals surface area contributed by atoms with Gasteiger partial charge in [0.25, 0.3) is 10.0 Å². The third-order valence-electron chi connectivity index (χ3n) is 3.00. The largest absolute Gasteiger partial charge is 0.268 e. The maximum Gasteiger partial charge on any atom is 0.268 e. The van der Waals surface area contributed by atoms with Crippen molar-refractivity contribution in [3.8, 4) is 0 Å². The monoisotopic (exact) mass is 369 g/mol. The van der Waals surface area contributed by atoms with Gasteiger partial charge in [0, 0.05) is 16.1 Å². The zero-order valence-electron chi connectivity index (χ0n) is 10.1. The fourth-order valence-electron chi connectivity index (χ4n) is 2.02. The van der Waals surface area contributed by atoms with Gasteiger partial charge in [0.15, 0.2) is 0 Å². The van der Waals surface area contributed by atoms with Gasteiger partial charge in [-0.05, 0) is 46.3 Å². The van der Waals surface area contributed by atoms with Gasteiger partial charge in [0.05, 0.1) is 15.4 Å². The standard InChI is InChI=1S/C14H9BrClNO2S/c15-12-9-14-10(8-13(12)16)6-7-17(14)20(18,19)11-4-2-1-3-5-11/h1-9H. The van der Waals surface area contributed by atoms with Gasteiger partial charge in [-0.15, -0.1) is 0 Å². The molecule has 0 aliphatic heterocycles. The number of hydrogen-bond donors (Lipinski definition) is 0. The van der Waals surface area contributed by atoms with Crippen LogP contribution < -0.4 is 0 Å². The second-order valence-corrected chi connectivity index (χ2v) is 7.33. The van der Waals surface area contributed by atoms with Crippen LogP contribution >= 0.6 is 27.5 Å². The lowest BCUT2D eigenvalue weighted by Gasteiger charge is -2.08. The van der Waals surface area contributed by atoms with Gasteiger partial charge in [-0.3, -0.25) is 0 Å². The van der Waals surface area contributed by atoms with E-state index in [1.807, 2.05) is 0 Å². The van der Waals surface area contributed by atoms with E-state index in [1.165, 1.54) is 10.2 Å². The smallest absolute Gasteiger partial charge is 0.241 e. The minimum atomic E-state index is -3.60. The highest BCUT2D eigenvalue weighted by Gasteiger charge is 2.18. The van der Waals surface area contributed by atoms with E-state index in [1.54, 1.807) is 48.5 Å². The topological polar surface area (TPSA) is 39.1 Å². The van der Waals surface area contributed by atoms with E-state index in [4.69, 9.17) is 11.6 Å². The first kappa shape index (κ1) is 13.7. The Kier molecular flexibility index (Phi) is 3.36. The van der Waals surface area contributed by atoms with Crippen LogP contribution in [0.15, 0.2) is 64.1 Å². The van der Waals surface area contributed by atoms with Gasteiger partial charge in [0.2, 0.25) is 0 Å². The summed E-state index contributed by atoms with van der Waals surface area (Å²) >= 11 is 9.34. The lowest BCUT2D eigenvalue weighted by Crippen LogP contribution is -2.11. The summed E-state index contributed by atoms with van der Waals surface area (Å²) in [5.74, 6) is 0. The molecule has 0 atom stereocenters. The molecule has 0 unspecified atom stereocenters. The van der Waals surface area contributed by atoms with Crippen molar-refractivity contribution in [3.05, 3.63) is 64.2 Å². The Balaban J connectivity index is 2.28. The summed E-state index contributed by atoms with van der Waals surface area (Å²) in [4.78, 5) is 0.253. The van der Waals surface area contributed by atoms with Crippen molar-refractivity contribution in [3.63, 3.8) is 0 Å². The van der Waals surface area contributed by atoms with E-state index < -0.39 is 10.0 Å². The van der Waals surface area contributed by atoms with Crippen LogP contribution in [-0.4, -0.2) is 12.4 Å². The molecule has 0 bridgehead atoms. The molecule has 2 aromatic carbocycles. The van der Waals surface area contributed by atoms with Crippen LogP contribution in [0.3, 0.4) is 0 Å². The summed E-state index contributed by atoms with van der Waals surface area (Å²) in [6.07, 6.45) is 1.54. The molecule has 0 N–H and O–H groups in total. The minimum Gasteiger partial charge on any atom is -0.241 e. The predicted octanol–water partition coefficient (Wildman–Crippen LogP) is 4.29. The number of nitrogens with zero attached hydrogens (tertiary/aromatic N) is 1. The van der Waals surface area contributed by atoms with Crippen LogP contribution in [0.4, 0.5) is 0 Å². The molecular weight excluding hydrogens is 362 g/mol. The molecule has 3 aromatic rings. The first-order chi connectivity index (χ1) is 9.50. The Labute approximate surface area is 130 Å². The predicted molar refractivity (Wildman–Crippen MR) is 83.7 cm³/mol. The Morgan fingerprint density at radius 1 is 1.05 bits per heavy atom. The molecule has 0 spiro atoms. The number of hydrogen-bond acceptors (Lipinski definition) is 2. The third kappa shape index (κ3) is 2.16. The van der Waals surface area contributed by atoms with E-state index in [0.29, 0.717) is 15.0 Å². The van der Waals surface area contributed by atoms with Crippen molar-refractivity contribution in [2.45, 2.75) is 4.90 Å². The highest BCUT2D eigenvalue weighted by atomic mass is 79.9. The lowest BCUT2D eigenvalue weighted by atomic mass is 10.2. The van der Waals surface area contributed by atoms with Gasteiger partial charge < -0.3 is 0 Å². The summed E-state index contributed by atoms with van der Waals surface area (Å²) in [5.41, 5.74) is 0.588. The SMILES string of the molecule is O=S(=O)(c1ccccc1)n1ccc2cc(Cl)c(Br)cc21. The van der Waals surface area contributed by atoms with Crippen LogP contribution in [0.25, 0.3) is 10.9 Å². The summed E-state index contributed by atoms with van der Waals surface area (Å²) in [6.45, 7) is 0. The van der Waals surface area contributed by atoms with Crippen LogP contribution in [0.5, 0.6) is 0 Å². The van der Waals surface area contributed by atoms with Crippen molar-refractivity contribution in [2.24, 2.45) is 0 Å². The van der Waals surface area contributed by atoms with Gasteiger partial charge >= 0.3 is 0 Å². The molecule has 0 fully saturated rings. The van der Waals surface area contributed by atoms with E-state index in [2.05, 4.69) is 15.9 Å². The van der Waals surface area contributed by atoms with E-state index >= 15 is 0 Å². The molecule has 0 aliphatic rings. The molecule has 20 heavy (non-hydrogen) atoms. The molecule has 3 nitrogen and oxygen atoms in total. The fraction of sp³-hybridized carbons (Fsp3) is 0. The van der Waals surface area contributed by atoms with Crippen molar-refractivity contribution in [1.29, 1.82) is 0 Å². The van der Waals surface area contributed by atoms with E-state index in [0.717, 1.165) is 5.39 Å². The van der Waals surface area contributed by atoms with Crippen molar-refractivity contribution in [1.82, 2.24) is 3.97 Å². The third-order valence-corrected chi connectivity index (χ3v) is 5.90. The molecule has 0 amide bonds. The molecule has 0 aliphatic carbocycles. The summed E-state index contributed by atoms with van der Waals surface area (Å²) in [5, 5.41) is 1.32. The first-order valence-electron chi connectivity index (χ1n) is 5.77. The van der Waals surface area contributed by atoms with Gasteiger partial charge in [0.1, 0.15) is 0 Å². The Bertz CT molecular complexity index is 888. The first-order valence-corrected chi connectivity index (χ1v) is 8.38. The van der Waals surface area contributed by atoms with Crippen LogP contribution in [0.1, 0.15) is 0 Å². The van der Waals surface area contributed by atoms with Crippen LogP contribution in [-0.2, 0) is 10.0 Å². The molecule has 6 heteroatoms. The van der Waals surface area contributed by atoms with E-state index in [-0.39, 0.29) is 4.90 Å². The molecule has 0 radical (unpaired) electrons. The molecule has 1 heterocycles. The Morgan fingerprint density at radius 3 is 2.45 bits per heavy atom. The van der Waals surface area contributed by atoms with Crippen LogP contribution in [0.2, 0.25) is 5.02 Å². The molecule has 0 saturated carbocycles. The maximum atomic E-state index is 12.6. The average Bonchev–Trinajstić information content (AvgIpc) is 2.84. The maximum absolute atomic E-state index is 12.6. The van der Waals surface area contributed by atoms with Gasteiger partial charge in [-0.1, -0.05) is 29.8 Å². The highest BCUT2D eigenvalue weighted by molar-refractivity contribution is 9.10. The molecule has 1 aromatic heterocycles. The van der Waals surface area contributed by atoms with E-state index in [9.17, 15) is 8.42 Å². The second-order valence-electron chi connectivity index (χ2n) is 4.25. The Hall–Kier alpha value is -1.30. The number of halogens is 2. The van der Waals surface area contributed by atoms with Gasteiger partial charge in [-0.2, -0.15) is 0 Å². The minimum absolute atomic E-state index is 0.253. The molecule has 0 saturated heterocycles. The fourth-order valence-corrected chi connectivity index (χ4v) is 3.89. The number of fused-ring (bicyclic) bond motifs is 1. The number of benzene rings is 2. The number of rotatable bonds is 2. The van der Waals surface area contributed by atoms with Crippen LogP contribution in [0, 0.1) is 0 Å². The second kappa shape index (κ2) is 4.91. The zero-order valence-corrected chi connectivity index (χ0v) is 13.3. The summed E-state index contributed by atoms with van der Waals surface area (Å²) in [6, 6.07) is 13.5.